The first-order chi connectivity index (χ1) is 13.3. The summed E-state index contributed by atoms with van der Waals surface area (Å²) in [5.74, 6) is 0.447. The lowest BCUT2D eigenvalue weighted by Crippen LogP contribution is -2.41. The van der Waals surface area contributed by atoms with Gasteiger partial charge in [0.2, 0.25) is 5.91 Å². The maximum Gasteiger partial charge on any atom is 0.433 e. The number of rotatable bonds is 3. The summed E-state index contributed by atoms with van der Waals surface area (Å²) in [5, 5.41) is 4.29. The van der Waals surface area contributed by atoms with Crippen LogP contribution in [-0.4, -0.2) is 43.2 Å². The molecule has 0 aromatic carbocycles. The quantitative estimate of drug-likeness (QED) is 0.797. The van der Waals surface area contributed by atoms with Crippen LogP contribution in [0, 0.1) is 0 Å². The highest BCUT2D eigenvalue weighted by atomic mass is 19.4. The molecule has 0 unspecified atom stereocenters. The summed E-state index contributed by atoms with van der Waals surface area (Å²) < 4.78 is 41.2. The van der Waals surface area contributed by atoms with Crippen LogP contribution in [0.1, 0.15) is 48.8 Å². The van der Waals surface area contributed by atoms with Crippen molar-refractivity contribution in [1.82, 2.24) is 24.2 Å². The van der Waals surface area contributed by atoms with Crippen LogP contribution >= 0.6 is 0 Å². The molecule has 0 spiro atoms. The largest absolute Gasteiger partial charge is 0.433 e. The van der Waals surface area contributed by atoms with E-state index >= 15 is 0 Å². The van der Waals surface area contributed by atoms with Gasteiger partial charge < -0.3 is 4.90 Å². The van der Waals surface area contributed by atoms with Crippen molar-refractivity contribution in [1.29, 1.82) is 0 Å². The monoisotopic (exact) mass is 395 g/mol. The Labute approximate surface area is 158 Å². The Balaban J connectivity index is 1.63. The minimum atomic E-state index is -4.55. The Morgan fingerprint density at radius 2 is 1.96 bits per heavy atom. The molecule has 2 aromatic rings. The summed E-state index contributed by atoms with van der Waals surface area (Å²) in [5.41, 5.74) is -1.19. The lowest BCUT2D eigenvalue weighted by molar-refractivity contribution is -0.141. The van der Waals surface area contributed by atoms with Gasteiger partial charge in [-0.1, -0.05) is 0 Å². The maximum atomic E-state index is 12.9. The number of halogens is 3. The fraction of sp³-hybridized carbons (Fsp3) is 0.556. The second-order valence-corrected chi connectivity index (χ2v) is 7.21. The van der Waals surface area contributed by atoms with Gasteiger partial charge in [-0.15, -0.1) is 0 Å². The smallest absolute Gasteiger partial charge is 0.341 e. The molecular weight excluding hydrogens is 375 g/mol. The molecule has 0 N–H and O–H groups in total. The second-order valence-electron chi connectivity index (χ2n) is 7.21. The number of nitrogens with zero attached hydrogens (tertiary/aromatic N) is 5. The van der Waals surface area contributed by atoms with Crippen LogP contribution in [-0.2, 0) is 23.9 Å². The Morgan fingerprint density at radius 1 is 1.21 bits per heavy atom. The normalized spacial score (nSPS) is 19.7. The third-order valence-corrected chi connectivity index (χ3v) is 5.28. The van der Waals surface area contributed by atoms with E-state index in [2.05, 4.69) is 10.1 Å². The van der Waals surface area contributed by atoms with E-state index in [-0.39, 0.29) is 18.0 Å². The Kier molecular flexibility index (Phi) is 4.72. The van der Waals surface area contributed by atoms with Crippen LogP contribution < -0.4 is 5.69 Å². The van der Waals surface area contributed by atoms with Gasteiger partial charge in [0.05, 0.1) is 6.54 Å². The fourth-order valence-corrected chi connectivity index (χ4v) is 3.92. The van der Waals surface area contributed by atoms with Gasteiger partial charge >= 0.3 is 11.9 Å². The number of pyridine rings is 1. The number of alkyl halides is 3. The minimum Gasteiger partial charge on any atom is -0.341 e. The molecule has 0 aliphatic carbocycles. The van der Waals surface area contributed by atoms with Gasteiger partial charge in [0.15, 0.2) is 0 Å². The van der Waals surface area contributed by atoms with Crippen LogP contribution in [0.25, 0.3) is 0 Å². The Morgan fingerprint density at radius 3 is 2.68 bits per heavy atom. The number of aromatic nitrogens is 4. The molecule has 4 rings (SSSR count). The highest BCUT2D eigenvalue weighted by molar-refractivity contribution is 5.80. The summed E-state index contributed by atoms with van der Waals surface area (Å²) in [6.07, 6.45) is 0.318. The first kappa shape index (κ1) is 18.7. The van der Waals surface area contributed by atoms with Crippen LogP contribution in [0.4, 0.5) is 13.2 Å². The van der Waals surface area contributed by atoms with E-state index in [1.165, 1.54) is 10.6 Å². The number of likely N-dealkylation sites (tertiary alicyclic amines) is 1. The van der Waals surface area contributed by atoms with E-state index in [1.54, 1.807) is 4.90 Å². The zero-order valence-electron chi connectivity index (χ0n) is 15.2. The number of carbonyl (C=O) groups excluding carboxylic acids is 1. The van der Waals surface area contributed by atoms with E-state index in [0.717, 1.165) is 36.2 Å². The number of aryl methyl sites for hydroxylation is 1. The van der Waals surface area contributed by atoms with Gasteiger partial charge in [-0.25, -0.2) is 9.48 Å². The fourth-order valence-electron chi connectivity index (χ4n) is 3.92. The standard InChI is InChI=1S/C18H20F3N5O2/c19-18(20,21)14-10-12(6-7-22-14)11-25-17(28)26-13(4-3-5-15(26)23-25)16(27)24-8-1-2-9-24/h6-7,10,13H,1-5,8-9,11H2/t13-/m0/s1. The van der Waals surface area contributed by atoms with Crippen LogP contribution in [0.3, 0.4) is 0 Å². The van der Waals surface area contributed by atoms with Gasteiger partial charge in [-0.05, 0) is 43.4 Å². The highest BCUT2D eigenvalue weighted by Crippen LogP contribution is 2.28. The van der Waals surface area contributed by atoms with Crippen molar-refractivity contribution in [3.05, 3.63) is 45.9 Å². The Bertz CT molecular complexity index is 943. The first-order valence-electron chi connectivity index (χ1n) is 9.34. The van der Waals surface area contributed by atoms with Crippen LogP contribution in [0.5, 0.6) is 0 Å². The summed E-state index contributed by atoms with van der Waals surface area (Å²) in [7, 11) is 0. The van der Waals surface area contributed by atoms with Crippen molar-refractivity contribution < 1.29 is 18.0 Å². The average molecular weight is 395 g/mol. The third kappa shape index (κ3) is 3.43. The maximum absolute atomic E-state index is 12.9. The molecular formula is C18H20F3N5O2. The molecule has 0 saturated carbocycles. The van der Waals surface area contributed by atoms with Crippen molar-refractivity contribution >= 4 is 5.91 Å². The predicted molar refractivity (Wildman–Crippen MR) is 92.6 cm³/mol. The van der Waals surface area contributed by atoms with Crippen molar-refractivity contribution in [2.75, 3.05) is 13.1 Å². The summed E-state index contributed by atoms with van der Waals surface area (Å²) in [4.78, 5) is 30.8. The van der Waals surface area contributed by atoms with E-state index in [1.807, 2.05) is 0 Å². The average Bonchev–Trinajstić information content (AvgIpc) is 3.30. The molecule has 2 aliphatic rings. The van der Waals surface area contributed by atoms with Crippen molar-refractivity contribution in [2.24, 2.45) is 0 Å². The van der Waals surface area contributed by atoms with Gasteiger partial charge in [0, 0.05) is 25.7 Å². The second kappa shape index (κ2) is 7.06. The molecule has 0 radical (unpaired) electrons. The lowest BCUT2D eigenvalue weighted by atomic mass is 10.0. The molecule has 4 heterocycles. The SMILES string of the molecule is O=C([C@@H]1CCCc2nn(Cc3ccnc(C(F)(F)F)c3)c(=O)n21)N1CCCC1. The number of fused-ring (bicyclic) bond motifs is 1. The van der Waals surface area contributed by atoms with E-state index in [9.17, 15) is 22.8 Å². The zero-order valence-corrected chi connectivity index (χ0v) is 15.2. The van der Waals surface area contributed by atoms with E-state index in [0.29, 0.717) is 31.8 Å². The van der Waals surface area contributed by atoms with Crippen LogP contribution in [0.15, 0.2) is 23.1 Å². The molecule has 10 heteroatoms. The van der Waals surface area contributed by atoms with Crippen molar-refractivity contribution in [3.63, 3.8) is 0 Å². The molecule has 2 aromatic heterocycles. The number of amides is 1. The first-order valence-corrected chi connectivity index (χ1v) is 9.34. The topological polar surface area (TPSA) is 73.0 Å². The lowest BCUT2D eigenvalue weighted by Gasteiger charge is -2.27. The molecule has 0 bridgehead atoms. The van der Waals surface area contributed by atoms with E-state index < -0.39 is 23.6 Å². The molecule has 150 valence electrons. The summed E-state index contributed by atoms with van der Waals surface area (Å²) in [6.45, 7) is 1.30. The van der Waals surface area contributed by atoms with E-state index in [4.69, 9.17) is 0 Å². The third-order valence-electron chi connectivity index (χ3n) is 5.28. The molecule has 2 aliphatic heterocycles. The Hall–Kier alpha value is -2.65. The molecule has 28 heavy (non-hydrogen) atoms. The molecule has 7 nitrogen and oxygen atoms in total. The number of hydrogen-bond donors (Lipinski definition) is 0. The molecule has 1 saturated heterocycles. The number of hydrogen-bond acceptors (Lipinski definition) is 4. The van der Waals surface area contributed by atoms with Gasteiger partial charge in [0.1, 0.15) is 17.6 Å². The van der Waals surface area contributed by atoms with Gasteiger partial charge in [0.25, 0.3) is 0 Å². The summed E-state index contributed by atoms with van der Waals surface area (Å²) >= 11 is 0. The zero-order chi connectivity index (χ0) is 19.9. The van der Waals surface area contributed by atoms with Crippen molar-refractivity contribution in [2.45, 2.75) is 50.9 Å². The summed E-state index contributed by atoms with van der Waals surface area (Å²) in [6, 6.07) is 1.76. The van der Waals surface area contributed by atoms with Crippen molar-refractivity contribution in [3.8, 4) is 0 Å². The molecule has 1 fully saturated rings. The van der Waals surface area contributed by atoms with Gasteiger partial charge in [-0.2, -0.15) is 18.3 Å². The highest BCUT2D eigenvalue weighted by Gasteiger charge is 2.35. The van der Waals surface area contributed by atoms with Gasteiger partial charge in [-0.3, -0.25) is 14.3 Å². The molecule has 1 amide bonds. The van der Waals surface area contributed by atoms with Crippen LogP contribution in [0.2, 0.25) is 0 Å². The number of carbonyl (C=O) groups is 1. The predicted octanol–water partition coefficient (Wildman–Crippen LogP) is 2.01. The molecule has 1 atom stereocenters. The minimum absolute atomic E-state index is 0.0663.